The molecule has 0 bridgehead atoms. The van der Waals surface area contributed by atoms with E-state index in [0.717, 1.165) is 22.2 Å². The summed E-state index contributed by atoms with van der Waals surface area (Å²) in [6.45, 7) is 0.455. The molecule has 5 nitrogen and oxygen atoms in total. The molecule has 0 aliphatic carbocycles. The number of benzene rings is 1. The van der Waals surface area contributed by atoms with E-state index in [2.05, 4.69) is 10.7 Å². The van der Waals surface area contributed by atoms with E-state index >= 15 is 0 Å². The lowest BCUT2D eigenvalue weighted by Crippen LogP contribution is -2.54. The average molecular weight is 249 g/mol. The Morgan fingerprint density at radius 3 is 2.83 bits per heavy atom. The monoisotopic (exact) mass is 249 g/mol. The molecule has 18 heavy (non-hydrogen) atoms. The molecular formula is C13H17N2O3+. The number of hydrogen-bond donors (Lipinski definition) is 2. The molecular weight excluding hydrogens is 232 g/mol. The first-order valence-corrected chi connectivity index (χ1v) is 5.73. The molecule has 1 aromatic heterocycles. The van der Waals surface area contributed by atoms with Crippen molar-refractivity contribution in [1.82, 2.24) is 4.98 Å². The molecule has 0 amide bonds. The van der Waals surface area contributed by atoms with Gasteiger partial charge in [0.2, 0.25) is 0 Å². The van der Waals surface area contributed by atoms with Crippen molar-refractivity contribution in [3.63, 3.8) is 0 Å². The molecule has 1 heterocycles. The minimum atomic E-state index is -0.351. The second-order valence-corrected chi connectivity index (χ2v) is 4.02. The molecule has 0 radical (unpaired) electrons. The quantitative estimate of drug-likeness (QED) is 0.782. The van der Waals surface area contributed by atoms with Gasteiger partial charge in [0, 0.05) is 17.1 Å². The molecule has 0 unspecified atom stereocenters. The topological polar surface area (TPSA) is 79.0 Å². The Hall–Kier alpha value is -2.01. The number of hydrogen-bond acceptors (Lipinski definition) is 3. The van der Waals surface area contributed by atoms with Crippen molar-refractivity contribution in [2.75, 3.05) is 20.8 Å². The van der Waals surface area contributed by atoms with Crippen molar-refractivity contribution >= 4 is 16.9 Å². The van der Waals surface area contributed by atoms with Crippen LogP contribution in [0.4, 0.5) is 0 Å². The molecule has 0 fully saturated rings. The highest BCUT2D eigenvalue weighted by molar-refractivity contribution is 5.90. The number of fused-ring (bicyclic) bond motifs is 1. The highest BCUT2D eigenvalue weighted by atomic mass is 16.5. The molecule has 0 aliphatic rings. The first-order valence-electron chi connectivity index (χ1n) is 5.73. The molecule has 0 aliphatic heterocycles. The van der Waals surface area contributed by atoms with Gasteiger partial charge in [-0.05, 0) is 23.8 Å². The van der Waals surface area contributed by atoms with Crippen molar-refractivity contribution in [2.24, 2.45) is 0 Å². The predicted octanol–water partition coefficient (Wildman–Crippen LogP) is 0.675. The lowest BCUT2D eigenvalue weighted by molar-refractivity contribution is -0.370. The van der Waals surface area contributed by atoms with E-state index in [1.165, 1.54) is 7.11 Å². The molecule has 4 N–H and O–H groups in total. The van der Waals surface area contributed by atoms with Gasteiger partial charge in [-0.3, -0.25) is 4.79 Å². The van der Waals surface area contributed by atoms with Crippen molar-refractivity contribution < 1.29 is 20.0 Å². The van der Waals surface area contributed by atoms with E-state index in [4.69, 9.17) is 9.47 Å². The average Bonchev–Trinajstić information content (AvgIpc) is 2.82. The van der Waals surface area contributed by atoms with E-state index in [0.29, 0.717) is 6.54 Å². The van der Waals surface area contributed by atoms with Crippen LogP contribution in [0.2, 0.25) is 0 Å². The van der Waals surface area contributed by atoms with E-state index in [1.54, 1.807) is 7.11 Å². The third-order valence-corrected chi connectivity index (χ3v) is 3.07. The number of aromatic amines is 1. The number of esters is 1. The zero-order valence-electron chi connectivity index (χ0n) is 10.5. The largest absolute Gasteiger partial charge is 0.497 e. The summed E-state index contributed by atoms with van der Waals surface area (Å²) in [7, 11) is 3.01. The van der Waals surface area contributed by atoms with Gasteiger partial charge in [-0.25, -0.2) is 0 Å². The van der Waals surface area contributed by atoms with E-state index in [9.17, 15) is 4.79 Å². The van der Waals surface area contributed by atoms with E-state index < -0.39 is 0 Å². The zero-order chi connectivity index (χ0) is 13.1. The van der Waals surface area contributed by atoms with Crippen molar-refractivity contribution in [3.05, 3.63) is 30.0 Å². The van der Waals surface area contributed by atoms with Gasteiger partial charge in [-0.15, -0.1) is 0 Å². The summed E-state index contributed by atoms with van der Waals surface area (Å²) in [5.74, 6) is 0.139. The van der Waals surface area contributed by atoms with Crippen LogP contribution in [-0.4, -0.2) is 31.7 Å². The zero-order valence-corrected chi connectivity index (χ0v) is 10.5. The molecule has 5 heteroatoms. The SMILES string of the molecule is COC(=O)[C@H](C[NH3+])c1c[nH]c2ccc(OC)cc12. The maximum Gasteiger partial charge on any atom is 0.319 e. The van der Waals surface area contributed by atoms with Crippen LogP contribution >= 0.6 is 0 Å². The molecule has 2 rings (SSSR count). The predicted molar refractivity (Wildman–Crippen MR) is 67.4 cm³/mol. The van der Waals surface area contributed by atoms with E-state index in [-0.39, 0.29) is 11.9 Å². The van der Waals surface area contributed by atoms with Gasteiger partial charge in [-0.2, -0.15) is 0 Å². The van der Waals surface area contributed by atoms with Gasteiger partial charge in [-0.1, -0.05) is 0 Å². The second kappa shape index (κ2) is 5.10. The molecule has 96 valence electrons. The lowest BCUT2D eigenvalue weighted by Gasteiger charge is -2.09. The molecule has 1 atom stereocenters. The number of carbonyl (C=O) groups is 1. The number of carbonyl (C=O) groups excluding carboxylic acids is 1. The maximum atomic E-state index is 11.7. The van der Waals surface area contributed by atoms with Gasteiger partial charge in [0.15, 0.2) is 0 Å². The Kier molecular flexibility index (Phi) is 3.53. The van der Waals surface area contributed by atoms with Crippen molar-refractivity contribution in [3.8, 4) is 5.75 Å². The molecule has 0 saturated carbocycles. The molecule has 2 aromatic rings. The standard InChI is InChI=1S/C13H16N2O3/c1-17-8-3-4-12-9(5-8)11(7-15-12)10(6-14)13(16)18-2/h3-5,7,10,15H,6,14H2,1-2H3/p+1/t10-/m1/s1. The van der Waals surface area contributed by atoms with Crippen LogP contribution in [0, 0.1) is 0 Å². The normalized spacial score (nSPS) is 12.4. The van der Waals surface area contributed by atoms with Crippen LogP contribution in [0.5, 0.6) is 5.75 Å². The third-order valence-electron chi connectivity index (χ3n) is 3.07. The fraction of sp³-hybridized carbons (Fsp3) is 0.308. The molecule has 0 saturated heterocycles. The Balaban J connectivity index is 2.52. The van der Waals surface area contributed by atoms with Gasteiger partial charge < -0.3 is 20.2 Å². The minimum absolute atomic E-state index is 0.270. The van der Waals surface area contributed by atoms with Gasteiger partial charge >= 0.3 is 5.97 Å². The number of H-pyrrole nitrogens is 1. The number of aromatic nitrogens is 1. The van der Waals surface area contributed by atoms with Gasteiger partial charge in [0.05, 0.1) is 20.8 Å². The van der Waals surface area contributed by atoms with Gasteiger partial charge in [0.25, 0.3) is 0 Å². The maximum absolute atomic E-state index is 11.7. The number of ether oxygens (including phenoxy) is 2. The van der Waals surface area contributed by atoms with Gasteiger partial charge in [0.1, 0.15) is 11.7 Å². The summed E-state index contributed by atoms with van der Waals surface area (Å²) in [6, 6.07) is 5.71. The van der Waals surface area contributed by atoms with Crippen LogP contribution in [0.25, 0.3) is 10.9 Å². The van der Waals surface area contributed by atoms with Crippen LogP contribution in [0.15, 0.2) is 24.4 Å². The summed E-state index contributed by atoms with van der Waals surface area (Å²) in [6.07, 6.45) is 1.83. The second-order valence-electron chi connectivity index (χ2n) is 4.02. The Labute approximate surface area is 105 Å². The van der Waals surface area contributed by atoms with Crippen molar-refractivity contribution in [2.45, 2.75) is 5.92 Å². The van der Waals surface area contributed by atoms with Crippen molar-refractivity contribution in [1.29, 1.82) is 0 Å². The Morgan fingerprint density at radius 1 is 1.44 bits per heavy atom. The van der Waals surface area contributed by atoms with Crippen LogP contribution in [0.3, 0.4) is 0 Å². The fourth-order valence-electron chi connectivity index (χ4n) is 2.08. The summed E-state index contributed by atoms with van der Waals surface area (Å²) in [4.78, 5) is 14.9. The smallest absolute Gasteiger partial charge is 0.319 e. The minimum Gasteiger partial charge on any atom is -0.497 e. The number of rotatable bonds is 4. The van der Waals surface area contributed by atoms with Crippen LogP contribution in [-0.2, 0) is 9.53 Å². The molecule has 0 spiro atoms. The van der Waals surface area contributed by atoms with Crippen LogP contribution in [0.1, 0.15) is 11.5 Å². The summed E-state index contributed by atoms with van der Waals surface area (Å²) in [5, 5.41) is 0.966. The molecule has 1 aromatic carbocycles. The van der Waals surface area contributed by atoms with Crippen LogP contribution < -0.4 is 10.5 Å². The number of nitrogens with one attached hydrogen (secondary N) is 1. The third kappa shape index (κ3) is 2.04. The number of quaternary nitrogens is 1. The van der Waals surface area contributed by atoms with E-state index in [1.807, 2.05) is 24.4 Å². The highest BCUT2D eigenvalue weighted by Crippen LogP contribution is 2.28. The summed E-state index contributed by atoms with van der Waals surface area (Å²) in [5.41, 5.74) is 5.67. The number of methoxy groups -OCH3 is 2. The first kappa shape index (κ1) is 12.4. The summed E-state index contributed by atoms with van der Waals surface area (Å²) < 4.78 is 10.0. The first-order chi connectivity index (χ1) is 8.71. The fourth-order valence-corrected chi connectivity index (χ4v) is 2.08. The highest BCUT2D eigenvalue weighted by Gasteiger charge is 2.24. The summed E-state index contributed by atoms with van der Waals surface area (Å²) >= 11 is 0. The lowest BCUT2D eigenvalue weighted by atomic mass is 9.99. The Bertz CT molecular complexity index is 562. The Morgan fingerprint density at radius 2 is 2.22 bits per heavy atom.